The smallest absolute Gasteiger partial charge is 0.191 e. The molecule has 0 aliphatic rings. The first-order valence-electron chi connectivity index (χ1n) is 8.41. The average Bonchev–Trinajstić information content (AvgIpc) is 3.04. The molecule has 1 aromatic carbocycles. The maximum absolute atomic E-state index is 5.39. The number of methoxy groups -OCH3 is 2. The standard InChI is InChI=1S/C18H25BrN4O2S.HI/c1-5-20-18(21-7-6-14-11-26-12(2)23-14)22-10-13-8-15(19)17(25-4)16(9-13)24-3;/h8-9,11H,5-7,10H2,1-4H3,(H2,20,21,22);1H. The lowest BCUT2D eigenvalue weighted by Gasteiger charge is -2.13. The van der Waals surface area contributed by atoms with E-state index in [0.717, 1.165) is 46.2 Å². The van der Waals surface area contributed by atoms with Crippen molar-refractivity contribution in [1.29, 1.82) is 0 Å². The Morgan fingerprint density at radius 2 is 2.04 bits per heavy atom. The summed E-state index contributed by atoms with van der Waals surface area (Å²) in [6.45, 7) is 6.19. The monoisotopic (exact) mass is 568 g/mol. The number of nitrogens with one attached hydrogen (secondary N) is 2. The summed E-state index contributed by atoms with van der Waals surface area (Å²) >= 11 is 5.19. The van der Waals surface area contributed by atoms with Gasteiger partial charge in [-0.15, -0.1) is 35.3 Å². The van der Waals surface area contributed by atoms with Gasteiger partial charge in [-0.2, -0.15) is 0 Å². The first kappa shape index (κ1) is 24.0. The molecular formula is C18H26BrIN4O2S. The minimum Gasteiger partial charge on any atom is -0.493 e. The fraction of sp³-hybridized carbons (Fsp3) is 0.444. The second-order valence-corrected chi connectivity index (χ2v) is 7.46. The zero-order chi connectivity index (χ0) is 18.9. The molecule has 2 N–H and O–H groups in total. The Kier molecular flexibility index (Phi) is 11.0. The van der Waals surface area contributed by atoms with Crippen LogP contribution in [0.4, 0.5) is 0 Å². The molecule has 9 heteroatoms. The van der Waals surface area contributed by atoms with Crippen LogP contribution in [0.5, 0.6) is 11.5 Å². The third-order valence-corrected chi connectivity index (χ3v) is 5.01. The van der Waals surface area contributed by atoms with E-state index in [1.165, 1.54) is 0 Å². The Hall–Kier alpha value is -1.07. The van der Waals surface area contributed by atoms with Gasteiger partial charge in [0, 0.05) is 24.9 Å². The van der Waals surface area contributed by atoms with Gasteiger partial charge in [-0.25, -0.2) is 9.98 Å². The van der Waals surface area contributed by atoms with Gasteiger partial charge in [-0.3, -0.25) is 0 Å². The summed E-state index contributed by atoms with van der Waals surface area (Å²) in [4.78, 5) is 9.13. The van der Waals surface area contributed by atoms with Crippen molar-refractivity contribution in [3.05, 3.63) is 38.3 Å². The minimum absolute atomic E-state index is 0. The lowest BCUT2D eigenvalue weighted by molar-refractivity contribution is 0.352. The molecule has 0 fully saturated rings. The summed E-state index contributed by atoms with van der Waals surface area (Å²) in [5.41, 5.74) is 2.14. The third kappa shape index (κ3) is 7.46. The Morgan fingerprint density at radius 3 is 2.63 bits per heavy atom. The molecule has 0 radical (unpaired) electrons. The van der Waals surface area contributed by atoms with Crippen molar-refractivity contribution >= 4 is 57.2 Å². The number of hydrogen-bond acceptors (Lipinski definition) is 5. The highest BCUT2D eigenvalue weighted by Crippen LogP contribution is 2.36. The SMILES string of the molecule is CCNC(=NCc1cc(Br)c(OC)c(OC)c1)NCCc1csc(C)n1.I. The van der Waals surface area contributed by atoms with Crippen LogP contribution in [0, 0.1) is 6.92 Å². The molecule has 0 aliphatic heterocycles. The molecule has 0 atom stereocenters. The Labute approximate surface area is 190 Å². The van der Waals surface area contributed by atoms with Crippen LogP contribution in [-0.2, 0) is 13.0 Å². The lowest BCUT2D eigenvalue weighted by atomic mass is 10.2. The topological polar surface area (TPSA) is 67.8 Å². The van der Waals surface area contributed by atoms with E-state index >= 15 is 0 Å². The molecule has 1 aromatic heterocycles. The van der Waals surface area contributed by atoms with E-state index in [0.29, 0.717) is 18.0 Å². The van der Waals surface area contributed by atoms with E-state index in [1.807, 2.05) is 26.0 Å². The first-order chi connectivity index (χ1) is 12.6. The number of ether oxygens (including phenoxy) is 2. The number of aliphatic imine (C=N–C) groups is 1. The van der Waals surface area contributed by atoms with Crippen molar-refractivity contribution in [3.63, 3.8) is 0 Å². The molecule has 0 saturated carbocycles. The molecule has 0 saturated heterocycles. The van der Waals surface area contributed by atoms with E-state index in [4.69, 9.17) is 9.47 Å². The van der Waals surface area contributed by atoms with Crippen LogP contribution < -0.4 is 20.1 Å². The molecule has 6 nitrogen and oxygen atoms in total. The van der Waals surface area contributed by atoms with Crippen LogP contribution in [0.3, 0.4) is 0 Å². The van der Waals surface area contributed by atoms with Crippen LogP contribution in [0.1, 0.15) is 23.2 Å². The van der Waals surface area contributed by atoms with Crippen molar-refractivity contribution in [3.8, 4) is 11.5 Å². The number of guanidine groups is 1. The highest BCUT2D eigenvalue weighted by Gasteiger charge is 2.10. The van der Waals surface area contributed by atoms with Gasteiger partial charge in [-0.05, 0) is 47.5 Å². The maximum Gasteiger partial charge on any atom is 0.191 e. The van der Waals surface area contributed by atoms with Crippen LogP contribution in [0.15, 0.2) is 27.0 Å². The van der Waals surface area contributed by atoms with Crippen molar-refractivity contribution in [2.45, 2.75) is 26.8 Å². The number of aromatic nitrogens is 1. The summed E-state index contributed by atoms with van der Waals surface area (Å²) in [5.74, 6) is 2.15. The fourth-order valence-electron chi connectivity index (χ4n) is 2.41. The Balaban J connectivity index is 0.00000364. The second-order valence-electron chi connectivity index (χ2n) is 5.54. The van der Waals surface area contributed by atoms with E-state index in [-0.39, 0.29) is 24.0 Å². The third-order valence-electron chi connectivity index (χ3n) is 3.60. The molecule has 0 aliphatic carbocycles. The van der Waals surface area contributed by atoms with Crippen molar-refractivity contribution in [2.75, 3.05) is 27.3 Å². The number of aryl methyl sites for hydroxylation is 1. The number of thiazole rings is 1. The highest BCUT2D eigenvalue weighted by molar-refractivity contribution is 14.0. The number of hydrogen-bond donors (Lipinski definition) is 2. The minimum atomic E-state index is 0. The van der Waals surface area contributed by atoms with Crippen molar-refractivity contribution in [1.82, 2.24) is 15.6 Å². The Morgan fingerprint density at radius 1 is 1.26 bits per heavy atom. The molecular weight excluding hydrogens is 543 g/mol. The Bertz CT molecular complexity index is 755. The first-order valence-corrected chi connectivity index (χ1v) is 10.1. The fourth-order valence-corrected chi connectivity index (χ4v) is 3.71. The molecule has 150 valence electrons. The quantitative estimate of drug-likeness (QED) is 0.284. The number of benzene rings is 1. The predicted octanol–water partition coefficient (Wildman–Crippen LogP) is 4.15. The lowest BCUT2D eigenvalue weighted by Crippen LogP contribution is -2.38. The van der Waals surface area contributed by atoms with E-state index in [2.05, 4.69) is 41.9 Å². The highest BCUT2D eigenvalue weighted by atomic mass is 127. The summed E-state index contributed by atoms with van der Waals surface area (Å²) in [5, 5.41) is 9.81. The zero-order valence-electron chi connectivity index (χ0n) is 16.0. The number of rotatable bonds is 8. The van der Waals surface area contributed by atoms with Crippen LogP contribution in [0.2, 0.25) is 0 Å². The maximum atomic E-state index is 5.39. The van der Waals surface area contributed by atoms with Gasteiger partial charge in [-0.1, -0.05) is 0 Å². The van der Waals surface area contributed by atoms with Gasteiger partial charge in [0.05, 0.1) is 35.9 Å². The van der Waals surface area contributed by atoms with E-state index < -0.39 is 0 Å². The van der Waals surface area contributed by atoms with Gasteiger partial charge >= 0.3 is 0 Å². The second kappa shape index (κ2) is 12.4. The molecule has 2 rings (SSSR count). The van der Waals surface area contributed by atoms with Gasteiger partial charge in [0.2, 0.25) is 0 Å². The molecule has 0 bridgehead atoms. The normalized spacial score (nSPS) is 10.9. The number of halogens is 2. The molecule has 0 amide bonds. The van der Waals surface area contributed by atoms with Crippen LogP contribution >= 0.6 is 51.2 Å². The van der Waals surface area contributed by atoms with Crippen LogP contribution in [-0.4, -0.2) is 38.3 Å². The van der Waals surface area contributed by atoms with Crippen LogP contribution in [0.25, 0.3) is 0 Å². The van der Waals surface area contributed by atoms with Gasteiger partial charge in [0.25, 0.3) is 0 Å². The van der Waals surface area contributed by atoms with Gasteiger partial charge in [0.15, 0.2) is 17.5 Å². The zero-order valence-corrected chi connectivity index (χ0v) is 20.7. The van der Waals surface area contributed by atoms with E-state index in [9.17, 15) is 0 Å². The molecule has 27 heavy (non-hydrogen) atoms. The summed E-state index contributed by atoms with van der Waals surface area (Å²) in [6, 6.07) is 3.93. The summed E-state index contributed by atoms with van der Waals surface area (Å²) < 4.78 is 11.6. The van der Waals surface area contributed by atoms with Crippen molar-refractivity contribution < 1.29 is 9.47 Å². The molecule has 0 spiro atoms. The summed E-state index contributed by atoms with van der Waals surface area (Å²) in [6.07, 6.45) is 0.872. The van der Waals surface area contributed by atoms with Crippen molar-refractivity contribution in [2.24, 2.45) is 4.99 Å². The van der Waals surface area contributed by atoms with Gasteiger partial charge in [0.1, 0.15) is 0 Å². The summed E-state index contributed by atoms with van der Waals surface area (Å²) in [7, 11) is 3.25. The number of nitrogens with zero attached hydrogens (tertiary/aromatic N) is 2. The van der Waals surface area contributed by atoms with E-state index in [1.54, 1.807) is 25.6 Å². The molecule has 1 heterocycles. The predicted molar refractivity (Wildman–Crippen MR) is 126 cm³/mol. The largest absolute Gasteiger partial charge is 0.493 e. The molecule has 2 aromatic rings. The average molecular weight is 569 g/mol. The molecule has 0 unspecified atom stereocenters. The van der Waals surface area contributed by atoms with Gasteiger partial charge < -0.3 is 20.1 Å².